The number of nitrogens with one attached hydrogen (secondary N) is 1. The van der Waals surface area contributed by atoms with Crippen LogP contribution in [0.3, 0.4) is 0 Å². The van der Waals surface area contributed by atoms with Crippen LogP contribution in [-0.2, 0) is 0 Å². The summed E-state index contributed by atoms with van der Waals surface area (Å²) in [5, 5.41) is 3.34. The van der Waals surface area contributed by atoms with E-state index >= 15 is 0 Å². The minimum absolute atomic E-state index is 0.00930. The van der Waals surface area contributed by atoms with Crippen LogP contribution in [-0.4, -0.2) is 111 Å². The van der Waals surface area contributed by atoms with Crippen LogP contribution in [0, 0.1) is 19.8 Å². The molecule has 1 aromatic carbocycles. The van der Waals surface area contributed by atoms with Crippen LogP contribution < -0.4 is 5.32 Å². The lowest BCUT2D eigenvalue weighted by atomic mass is 9.85. The smallest absolute Gasteiger partial charge is 0.321 e. The van der Waals surface area contributed by atoms with E-state index in [1.165, 1.54) is 6.33 Å². The van der Waals surface area contributed by atoms with Gasteiger partial charge in [0.1, 0.15) is 6.33 Å². The van der Waals surface area contributed by atoms with Gasteiger partial charge in [-0.3, -0.25) is 9.69 Å². The first-order valence-corrected chi connectivity index (χ1v) is 17.1. The number of carbonyl (C=O) groups is 2. The Balaban J connectivity index is 1.13. The van der Waals surface area contributed by atoms with Crippen molar-refractivity contribution >= 4 is 11.9 Å². The molecule has 6 rings (SSSR count). The first-order chi connectivity index (χ1) is 22.2. The molecule has 0 aliphatic carbocycles. The molecule has 2 unspecified atom stereocenters. The topological polar surface area (TPSA) is 84.9 Å². The van der Waals surface area contributed by atoms with E-state index in [0.717, 1.165) is 70.3 Å². The molecule has 1 N–H and O–H groups in total. The number of piperidine rings is 3. The third-order valence-corrected chi connectivity index (χ3v) is 11.3. The second kappa shape index (κ2) is 13.9. The molecule has 4 aliphatic rings. The Morgan fingerprint density at radius 3 is 2.22 bits per heavy atom. The lowest BCUT2D eigenvalue weighted by Crippen LogP contribution is -2.58. The fraction of sp³-hybridized carbons (Fsp3) is 0.657. The maximum Gasteiger partial charge on any atom is 0.321 e. The average Bonchev–Trinajstić information content (AvgIpc) is 3.41. The molecule has 11 heteroatoms. The zero-order chi connectivity index (χ0) is 32.4. The van der Waals surface area contributed by atoms with Crippen molar-refractivity contribution in [1.29, 1.82) is 0 Å². The minimum atomic E-state index is -2.45. The predicted molar refractivity (Wildman–Crippen MR) is 173 cm³/mol. The second-order valence-corrected chi connectivity index (χ2v) is 14.0. The van der Waals surface area contributed by atoms with Crippen molar-refractivity contribution in [1.82, 2.24) is 34.9 Å². The van der Waals surface area contributed by atoms with E-state index in [1.807, 2.05) is 41.8 Å². The highest BCUT2D eigenvalue weighted by molar-refractivity contribution is 5.96. The molecule has 46 heavy (non-hydrogen) atoms. The van der Waals surface area contributed by atoms with Gasteiger partial charge in [-0.2, -0.15) is 0 Å². The first kappa shape index (κ1) is 32.7. The summed E-state index contributed by atoms with van der Waals surface area (Å²) in [6, 6.07) is 9.48. The number of likely N-dealkylation sites (tertiary alicyclic amines) is 2. The average molecular weight is 638 g/mol. The number of hydrogen-bond donors (Lipinski definition) is 1. The summed E-state index contributed by atoms with van der Waals surface area (Å²) in [5.41, 5.74) is 3.08. The zero-order valence-corrected chi connectivity index (χ0v) is 27.5. The van der Waals surface area contributed by atoms with E-state index in [1.54, 1.807) is 4.90 Å². The Kier molecular flexibility index (Phi) is 9.89. The molecule has 0 radical (unpaired) electrons. The van der Waals surface area contributed by atoms with Crippen molar-refractivity contribution in [3.63, 3.8) is 0 Å². The number of amides is 3. The van der Waals surface area contributed by atoms with Gasteiger partial charge < -0.3 is 20.0 Å². The molecule has 3 amide bonds. The second-order valence-electron chi connectivity index (χ2n) is 14.0. The molecule has 0 spiro atoms. The molecule has 4 fully saturated rings. The molecule has 5 heterocycles. The van der Waals surface area contributed by atoms with E-state index in [2.05, 4.69) is 39.2 Å². The first-order valence-electron chi connectivity index (χ1n) is 17.1. The van der Waals surface area contributed by atoms with Gasteiger partial charge in [0.05, 0.1) is 23.0 Å². The SMILES string of the molecule is Cc1ncnc(C)c1C(=O)N1CCC(C)(N2CCC(N3C(=O)N(C(CC(F)F)C4CCNCC4)CC3c3ccccc3)CC2)CC1. The molecule has 0 bridgehead atoms. The quantitative estimate of drug-likeness (QED) is 0.436. The van der Waals surface area contributed by atoms with Crippen molar-refractivity contribution in [2.45, 2.75) is 95.8 Å². The van der Waals surface area contributed by atoms with Gasteiger partial charge in [0, 0.05) is 56.8 Å². The highest BCUT2D eigenvalue weighted by Crippen LogP contribution is 2.40. The van der Waals surface area contributed by atoms with Gasteiger partial charge in [0.2, 0.25) is 6.43 Å². The fourth-order valence-electron chi connectivity index (χ4n) is 8.50. The van der Waals surface area contributed by atoms with E-state index < -0.39 is 12.5 Å². The molecule has 4 aliphatic heterocycles. The number of urea groups is 1. The van der Waals surface area contributed by atoms with Gasteiger partial charge >= 0.3 is 6.03 Å². The number of carbonyl (C=O) groups excluding carboxylic acids is 2. The van der Waals surface area contributed by atoms with E-state index in [9.17, 15) is 18.4 Å². The number of benzene rings is 1. The van der Waals surface area contributed by atoms with Crippen molar-refractivity contribution in [3.8, 4) is 0 Å². The number of nitrogens with zero attached hydrogens (tertiary/aromatic N) is 6. The molecule has 0 saturated carbocycles. The van der Waals surface area contributed by atoms with E-state index in [-0.39, 0.29) is 41.9 Å². The maximum absolute atomic E-state index is 14.3. The molecule has 2 aromatic rings. The summed E-state index contributed by atoms with van der Waals surface area (Å²) >= 11 is 0. The van der Waals surface area contributed by atoms with Crippen molar-refractivity contribution in [3.05, 3.63) is 59.2 Å². The molecule has 1 aromatic heterocycles. The number of aryl methyl sites for hydroxylation is 2. The molecule has 2 atom stereocenters. The summed E-state index contributed by atoms with van der Waals surface area (Å²) in [6.45, 7) is 11.2. The number of rotatable bonds is 8. The summed E-state index contributed by atoms with van der Waals surface area (Å²) in [5.74, 6) is 0.0902. The van der Waals surface area contributed by atoms with Crippen LogP contribution in [0.4, 0.5) is 13.6 Å². The number of halogens is 2. The van der Waals surface area contributed by atoms with Crippen molar-refractivity contribution < 1.29 is 18.4 Å². The predicted octanol–water partition coefficient (Wildman–Crippen LogP) is 5.05. The monoisotopic (exact) mass is 637 g/mol. The Labute approximate surface area is 271 Å². The van der Waals surface area contributed by atoms with Crippen molar-refractivity contribution in [2.75, 3.05) is 45.8 Å². The van der Waals surface area contributed by atoms with Crippen LogP contribution in [0.25, 0.3) is 0 Å². The number of hydrogen-bond acceptors (Lipinski definition) is 6. The third kappa shape index (κ3) is 6.63. The third-order valence-electron chi connectivity index (χ3n) is 11.3. The maximum atomic E-state index is 14.3. The van der Waals surface area contributed by atoms with Gasteiger partial charge in [-0.05, 0) is 83.9 Å². The van der Waals surface area contributed by atoms with E-state index in [4.69, 9.17) is 0 Å². The number of aromatic nitrogens is 2. The van der Waals surface area contributed by atoms with Crippen LogP contribution in [0.15, 0.2) is 36.7 Å². The summed E-state index contributed by atoms with van der Waals surface area (Å²) in [7, 11) is 0. The summed E-state index contributed by atoms with van der Waals surface area (Å²) in [4.78, 5) is 44.5. The van der Waals surface area contributed by atoms with Crippen LogP contribution in [0.2, 0.25) is 0 Å². The normalized spacial score (nSPS) is 24.2. The lowest BCUT2D eigenvalue weighted by Gasteiger charge is -2.50. The highest BCUT2D eigenvalue weighted by Gasteiger charge is 2.48. The molecule has 9 nitrogen and oxygen atoms in total. The van der Waals surface area contributed by atoms with Crippen LogP contribution in [0.5, 0.6) is 0 Å². The highest BCUT2D eigenvalue weighted by atomic mass is 19.3. The Hall–Kier alpha value is -3.18. The Morgan fingerprint density at radius 1 is 0.978 bits per heavy atom. The standard InChI is InChI=1S/C35H49F2N7O2/c1-24-32(25(2)40-23-39-24)33(45)41-19-13-35(3,14-20-41)42-17-11-28(12-18-42)44-30(26-7-5-4-6-8-26)22-43(34(44)46)29(21-31(36)37)27-9-15-38-16-10-27/h4-8,23,27-31,38H,9-22H2,1-3H3. The van der Waals surface area contributed by atoms with Crippen LogP contribution >= 0.6 is 0 Å². The fourth-order valence-corrected chi connectivity index (χ4v) is 8.50. The molecule has 4 saturated heterocycles. The Bertz CT molecular complexity index is 1340. The summed E-state index contributed by atoms with van der Waals surface area (Å²) in [6.07, 6.45) is 3.86. The van der Waals surface area contributed by atoms with E-state index in [0.29, 0.717) is 36.6 Å². The molecular weight excluding hydrogens is 588 g/mol. The zero-order valence-electron chi connectivity index (χ0n) is 27.5. The van der Waals surface area contributed by atoms with Crippen molar-refractivity contribution in [2.24, 2.45) is 5.92 Å². The lowest BCUT2D eigenvalue weighted by molar-refractivity contribution is 0.00469. The van der Waals surface area contributed by atoms with Crippen LogP contribution in [0.1, 0.15) is 85.2 Å². The van der Waals surface area contributed by atoms with Gasteiger partial charge in [-0.15, -0.1) is 0 Å². The van der Waals surface area contributed by atoms with Gasteiger partial charge in [0.25, 0.3) is 5.91 Å². The van der Waals surface area contributed by atoms with Gasteiger partial charge in [-0.1, -0.05) is 30.3 Å². The number of alkyl halides is 2. The van der Waals surface area contributed by atoms with Gasteiger partial charge in [0.15, 0.2) is 0 Å². The summed E-state index contributed by atoms with van der Waals surface area (Å²) < 4.78 is 27.9. The Morgan fingerprint density at radius 2 is 1.61 bits per heavy atom. The largest absolute Gasteiger partial charge is 0.338 e. The van der Waals surface area contributed by atoms with Gasteiger partial charge in [-0.25, -0.2) is 23.5 Å². The molecular formula is C35H49F2N7O2. The minimum Gasteiger partial charge on any atom is -0.338 e. The molecule has 250 valence electrons.